The Hall–Kier alpha value is -7.44. The summed E-state index contributed by atoms with van der Waals surface area (Å²) in [7, 11) is 0. The predicted molar refractivity (Wildman–Crippen MR) is 217 cm³/mol. The van der Waals surface area contributed by atoms with Gasteiger partial charge in [-0.2, -0.15) is 0 Å². The van der Waals surface area contributed by atoms with Gasteiger partial charge in [-0.05, 0) is 41.0 Å². The molecule has 0 radical (unpaired) electrons. The van der Waals surface area contributed by atoms with Crippen molar-refractivity contribution in [3.05, 3.63) is 194 Å². The largest absolute Gasteiger partial charge is 0.264 e. The fraction of sp³-hybridized carbons (Fsp3) is 0. The average Bonchev–Trinajstić information content (AvgIpc) is 3.27. The number of aromatic nitrogens is 6. The number of benzene rings is 6. The molecule has 3 heterocycles. The van der Waals surface area contributed by atoms with Crippen molar-refractivity contribution in [3.8, 4) is 90.3 Å². The lowest BCUT2D eigenvalue weighted by molar-refractivity contribution is 1.07. The molecule has 54 heavy (non-hydrogen) atoms. The zero-order valence-electron chi connectivity index (χ0n) is 29.2. The van der Waals surface area contributed by atoms with E-state index in [1.807, 2.05) is 103 Å². The van der Waals surface area contributed by atoms with Gasteiger partial charge in [0.1, 0.15) is 0 Å². The molecule has 6 heteroatoms. The Balaban J connectivity index is 1.07. The second kappa shape index (κ2) is 14.7. The summed E-state index contributed by atoms with van der Waals surface area (Å²) in [6.07, 6.45) is 3.64. The lowest BCUT2D eigenvalue weighted by atomic mass is 9.99. The molecule has 0 N–H and O–H groups in total. The lowest BCUT2D eigenvalue weighted by Crippen LogP contribution is -2.00. The number of hydrogen-bond acceptors (Lipinski definition) is 6. The number of pyridine rings is 1. The summed E-state index contributed by atoms with van der Waals surface area (Å²) in [4.78, 5) is 29.2. The molecule has 0 aliphatic rings. The predicted octanol–water partition coefficient (Wildman–Crippen LogP) is 11.4. The summed E-state index contributed by atoms with van der Waals surface area (Å²) < 4.78 is 0. The van der Waals surface area contributed by atoms with Gasteiger partial charge >= 0.3 is 0 Å². The topological polar surface area (TPSA) is 77.3 Å². The Morgan fingerprint density at radius 1 is 0.241 bits per heavy atom. The van der Waals surface area contributed by atoms with Crippen molar-refractivity contribution in [2.75, 3.05) is 0 Å². The van der Waals surface area contributed by atoms with Crippen molar-refractivity contribution >= 4 is 0 Å². The van der Waals surface area contributed by atoms with Gasteiger partial charge in [0.15, 0.2) is 23.3 Å². The maximum atomic E-state index is 5.04. The maximum Gasteiger partial charge on any atom is 0.164 e. The Bertz CT molecular complexity index is 2630. The summed E-state index contributed by atoms with van der Waals surface area (Å²) in [5.74, 6) is 2.52. The molecule has 0 fully saturated rings. The van der Waals surface area contributed by atoms with E-state index in [4.69, 9.17) is 24.9 Å². The normalized spacial score (nSPS) is 11.0. The number of hydrogen-bond donors (Lipinski definition) is 0. The molecule has 0 saturated carbocycles. The minimum Gasteiger partial charge on any atom is -0.264 e. The van der Waals surface area contributed by atoms with Crippen LogP contribution in [0.15, 0.2) is 194 Å². The van der Waals surface area contributed by atoms with Crippen LogP contribution in [0, 0.1) is 0 Å². The quantitative estimate of drug-likeness (QED) is 0.158. The van der Waals surface area contributed by atoms with Crippen LogP contribution in [0.25, 0.3) is 90.3 Å². The molecule has 0 atom stereocenters. The van der Waals surface area contributed by atoms with Crippen LogP contribution in [-0.2, 0) is 0 Å². The van der Waals surface area contributed by atoms with Crippen LogP contribution < -0.4 is 0 Å². The van der Waals surface area contributed by atoms with Crippen LogP contribution in [0.3, 0.4) is 0 Å². The van der Waals surface area contributed by atoms with Crippen molar-refractivity contribution in [2.45, 2.75) is 0 Å². The molecule has 254 valence electrons. The SMILES string of the molecule is c1ccc(-c2cc(-c3cccc(-c4ccc(-c5nc(-c6ccccc6)nc(-c6cccc(-c7cccnc7)c6)n5)cc4)c3)nc(-c3ccccc3)n2)cc1. The van der Waals surface area contributed by atoms with Gasteiger partial charge < -0.3 is 0 Å². The van der Waals surface area contributed by atoms with E-state index in [9.17, 15) is 0 Å². The van der Waals surface area contributed by atoms with E-state index in [0.717, 1.165) is 67.0 Å². The second-order valence-corrected chi connectivity index (χ2v) is 12.8. The van der Waals surface area contributed by atoms with Crippen LogP contribution in [0.5, 0.6) is 0 Å². The highest BCUT2D eigenvalue weighted by atomic mass is 15.0. The first kappa shape index (κ1) is 32.5. The van der Waals surface area contributed by atoms with Gasteiger partial charge in [-0.15, -0.1) is 0 Å². The Morgan fingerprint density at radius 2 is 0.648 bits per heavy atom. The summed E-state index contributed by atoms with van der Waals surface area (Å²) >= 11 is 0. The molecule has 0 aliphatic carbocycles. The van der Waals surface area contributed by atoms with Gasteiger partial charge in [0.05, 0.1) is 11.4 Å². The first-order chi connectivity index (χ1) is 26.7. The number of nitrogens with zero attached hydrogens (tertiary/aromatic N) is 6. The van der Waals surface area contributed by atoms with Crippen molar-refractivity contribution < 1.29 is 0 Å². The zero-order chi connectivity index (χ0) is 36.1. The maximum absolute atomic E-state index is 5.04. The van der Waals surface area contributed by atoms with Gasteiger partial charge in [-0.3, -0.25) is 4.98 Å². The lowest BCUT2D eigenvalue weighted by Gasteiger charge is -2.11. The average molecular weight is 693 g/mol. The van der Waals surface area contributed by atoms with Crippen molar-refractivity contribution in [1.29, 1.82) is 0 Å². The zero-order valence-corrected chi connectivity index (χ0v) is 29.2. The van der Waals surface area contributed by atoms with E-state index in [1.165, 1.54) is 0 Å². The molecule has 6 aromatic carbocycles. The third kappa shape index (κ3) is 6.92. The minimum atomic E-state index is 0.605. The molecular weight excluding hydrogens is 661 g/mol. The summed E-state index contributed by atoms with van der Waals surface area (Å²) in [6, 6.07) is 61.6. The van der Waals surface area contributed by atoms with Crippen LogP contribution >= 0.6 is 0 Å². The van der Waals surface area contributed by atoms with Gasteiger partial charge in [-0.25, -0.2) is 24.9 Å². The number of rotatable bonds is 8. The third-order valence-electron chi connectivity index (χ3n) is 9.25. The van der Waals surface area contributed by atoms with Gasteiger partial charge in [-0.1, -0.05) is 158 Å². The summed E-state index contributed by atoms with van der Waals surface area (Å²) in [5.41, 5.74) is 11.7. The van der Waals surface area contributed by atoms with Crippen molar-refractivity contribution in [1.82, 2.24) is 29.9 Å². The van der Waals surface area contributed by atoms with E-state index >= 15 is 0 Å². The highest BCUT2D eigenvalue weighted by molar-refractivity contribution is 5.77. The molecule has 6 nitrogen and oxygen atoms in total. The third-order valence-corrected chi connectivity index (χ3v) is 9.25. The molecule has 0 saturated heterocycles. The minimum absolute atomic E-state index is 0.605. The fourth-order valence-electron chi connectivity index (χ4n) is 6.46. The first-order valence-electron chi connectivity index (χ1n) is 17.8. The monoisotopic (exact) mass is 692 g/mol. The van der Waals surface area contributed by atoms with E-state index < -0.39 is 0 Å². The van der Waals surface area contributed by atoms with Crippen LogP contribution in [-0.4, -0.2) is 29.9 Å². The van der Waals surface area contributed by atoms with Gasteiger partial charge in [0.25, 0.3) is 0 Å². The highest BCUT2D eigenvalue weighted by Gasteiger charge is 2.15. The molecule has 0 bridgehead atoms. The van der Waals surface area contributed by atoms with Gasteiger partial charge in [0, 0.05) is 51.3 Å². The fourth-order valence-corrected chi connectivity index (χ4v) is 6.46. The van der Waals surface area contributed by atoms with Crippen molar-refractivity contribution in [3.63, 3.8) is 0 Å². The molecule has 3 aromatic heterocycles. The van der Waals surface area contributed by atoms with Crippen molar-refractivity contribution in [2.24, 2.45) is 0 Å². The summed E-state index contributed by atoms with van der Waals surface area (Å²) in [6.45, 7) is 0. The first-order valence-corrected chi connectivity index (χ1v) is 17.8. The molecule has 0 amide bonds. The Kier molecular flexibility index (Phi) is 8.81. The van der Waals surface area contributed by atoms with Gasteiger partial charge in [0.2, 0.25) is 0 Å². The molecule has 0 spiro atoms. The molecule has 0 aliphatic heterocycles. The highest BCUT2D eigenvalue weighted by Crippen LogP contribution is 2.32. The molecule has 9 rings (SSSR count). The standard InChI is InChI=1S/C48H32N6/c1-4-13-34(14-5-1)43-31-44(51-45(50-43)35-15-6-2-7-16-35)40-21-10-19-38(29-40)33-24-26-37(27-25-33)47-52-46(36-17-8-3-9-18-36)53-48(54-47)41-22-11-20-39(30-41)42-23-12-28-49-32-42/h1-32H. The second-order valence-electron chi connectivity index (χ2n) is 12.8. The van der Waals surface area contributed by atoms with E-state index in [2.05, 4.69) is 89.9 Å². The molecule has 0 unspecified atom stereocenters. The van der Waals surface area contributed by atoms with E-state index in [1.54, 1.807) is 6.20 Å². The smallest absolute Gasteiger partial charge is 0.164 e. The Morgan fingerprint density at radius 3 is 1.24 bits per heavy atom. The Labute approximate surface area is 313 Å². The molecule has 9 aromatic rings. The van der Waals surface area contributed by atoms with Crippen LogP contribution in [0.4, 0.5) is 0 Å². The summed E-state index contributed by atoms with van der Waals surface area (Å²) in [5, 5.41) is 0. The van der Waals surface area contributed by atoms with Crippen LogP contribution in [0.1, 0.15) is 0 Å². The van der Waals surface area contributed by atoms with E-state index in [-0.39, 0.29) is 0 Å². The van der Waals surface area contributed by atoms with E-state index in [0.29, 0.717) is 23.3 Å². The van der Waals surface area contributed by atoms with Crippen LogP contribution in [0.2, 0.25) is 0 Å². The molecular formula is C48H32N6.